The lowest BCUT2D eigenvalue weighted by atomic mass is 10.1. The van der Waals surface area contributed by atoms with Gasteiger partial charge in [0.25, 0.3) is 5.91 Å². The van der Waals surface area contributed by atoms with Crippen LogP contribution in [0.1, 0.15) is 31.1 Å². The summed E-state index contributed by atoms with van der Waals surface area (Å²) >= 11 is 0. The first kappa shape index (κ1) is 11.5. The van der Waals surface area contributed by atoms with Gasteiger partial charge in [-0.05, 0) is 32.9 Å². The second-order valence-corrected chi connectivity index (χ2v) is 4.39. The molecule has 0 spiro atoms. The monoisotopic (exact) mass is 207 g/mol. The minimum Gasteiger partial charge on any atom is -0.373 e. The van der Waals surface area contributed by atoms with Crippen LogP contribution in [0.4, 0.5) is 5.82 Å². The maximum Gasteiger partial charge on any atom is 0.253 e. The van der Waals surface area contributed by atoms with Crippen molar-refractivity contribution in [2.24, 2.45) is 0 Å². The summed E-state index contributed by atoms with van der Waals surface area (Å²) in [6.07, 6.45) is 1.56. The van der Waals surface area contributed by atoms with Crippen molar-refractivity contribution in [3.05, 3.63) is 23.9 Å². The molecule has 82 valence electrons. The zero-order valence-corrected chi connectivity index (χ0v) is 9.59. The molecule has 0 aliphatic heterocycles. The van der Waals surface area contributed by atoms with E-state index in [1.54, 1.807) is 25.4 Å². The molecule has 0 aromatic carbocycles. The van der Waals surface area contributed by atoms with Crippen LogP contribution in [-0.2, 0) is 0 Å². The van der Waals surface area contributed by atoms with E-state index in [2.05, 4.69) is 15.6 Å². The van der Waals surface area contributed by atoms with Crippen LogP contribution >= 0.6 is 0 Å². The molecular formula is C11H17N3O. The number of amides is 1. The van der Waals surface area contributed by atoms with Crippen molar-refractivity contribution in [1.29, 1.82) is 0 Å². The van der Waals surface area contributed by atoms with Gasteiger partial charge in [0.15, 0.2) is 0 Å². The number of nitrogens with zero attached hydrogens (tertiary/aromatic N) is 1. The molecule has 0 unspecified atom stereocenters. The molecule has 0 saturated carbocycles. The molecule has 0 radical (unpaired) electrons. The number of pyridine rings is 1. The fourth-order valence-corrected chi connectivity index (χ4v) is 1.09. The molecule has 15 heavy (non-hydrogen) atoms. The van der Waals surface area contributed by atoms with Gasteiger partial charge in [-0.25, -0.2) is 4.98 Å². The van der Waals surface area contributed by atoms with Crippen molar-refractivity contribution >= 4 is 11.7 Å². The highest BCUT2D eigenvalue weighted by atomic mass is 16.1. The Hall–Kier alpha value is -1.58. The Kier molecular flexibility index (Phi) is 3.29. The van der Waals surface area contributed by atoms with Crippen molar-refractivity contribution in [2.45, 2.75) is 26.3 Å². The van der Waals surface area contributed by atoms with Gasteiger partial charge in [0, 0.05) is 18.8 Å². The topological polar surface area (TPSA) is 54.0 Å². The molecule has 0 atom stereocenters. The first-order valence-corrected chi connectivity index (χ1v) is 4.89. The summed E-state index contributed by atoms with van der Waals surface area (Å²) in [4.78, 5) is 15.8. The minimum absolute atomic E-state index is 0.0994. The van der Waals surface area contributed by atoms with Crippen molar-refractivity contribution in [3.8, 4) is 0 Å². The first-order chi connectivity index (χ1) is 6.92. The molecule has 4 heteroatoms. The summed E-state index contributed by atoms with van der Waals surface area (Å²) in [6.45, 7) is 5.83. The maximum atomic E-state index is 11.7. The largest absolute Gasteiger partial charge is 0.373 e. The standard InChI is InChI=1S/C11H17N3O/c1-11(2,3)14-10(15)8-5-6-9(12-4)13-7-8/h5-7H,1-4H3,(H,12,13)(H,14,15). The molecular weight excluding hydrogens is 190 g/mol. The Morgan fingerprint density at radius 3 is 2.40 bits per heavy atom. The molecule has 1 amide bonds. The Morgan fingerprint density at radius 2 is 2.00 bits per heavy atom. The molecule has 0 aliphatic carbocycles. The number of hydrogen-bond donors (Lipinski definition) is 2. The van der Waals surface area contributed by atoms with E-state index in [1.807, 2.05) is 20.8 Å². The van der Waals surface area contributed by atoms with Crippen molar-refractivity contribution in [3.63, 3.8) is 0 Å². The Balaban J connectivity index is 2.75. The Bertz CT molecular complexity index is 338. The van der Waals surface area contributed by atoms with Crippen molar-refractivity contribution in [2.75, 3.05) is 12.4 Å². The minimum atomic E-state index is -0.223. The van der Waals surface area contributed by atoms with Crippen LogP contribution in [0.3, 0.4) is 0 Å². The van der Waals surface area contributed by atoms with Crippen molar-refractivity contribution < 1.29 is 4.79 Å². The second-order valence-electron chi connectivity index (χ2n) is 4.39. The van der Waals surface area contributed by atoms with Crippen molar-refractivity contribution in [1.82, 2.24) is 10.3 Å². The smallest absolute Gasteiger partial charge is 0.253 e. The molecule has 0 fully saturated rings. The van der Waals surface area contributed by atoms with Crippen LogP contribution in [0, 0.1) is 0 Å². The summed E-state index contributed by atoms with van der Waals surface area (Å²) in [5.41, 5.74) is 0.350. The van der Waals surface area contributed by atoms with Gasteiger partial charge in [0.2, 0.25) is 0 Å². The Morgan fingerprint density at radius 1 is 1.33 bits per heavy atom. The average Bonchev–Trinajstić information content (AvgIpc) is 2.15. The van der Waals surface area contributed by atoms with E-state index in [9.17, 15) is 4.79 Å². The highest BCUT2D eigenvalue weighted by Gasteiger charge is 2.15. The van der Waals surface area contributed by atoms with Crippen LogP contribution in [-0.4, -0.2) is 23.5 Å². The van der Waals surface area contributed by atoms with Gasteiger partial charge >= 0.3 is 0 Å². The van der Waals surface area contributed by atoms with E-state index >= 15 is 0 Å². The fourth-order valence-electron chi connectivity index (χ4n) is 1.09. The lowest BCUT2D eigenvalue weighted by molar-refractivity contribution is 0.0919. The van der Waals surface area contributed by atoms with Gasteiger partial charge in [-0.2, -0.15) is 0 Å². The molecule has 1 aromatic rings. The third-order valence-corrected chi connectivity index (χ3v) is 1.77. The molecule has 4 nitrogen and oxygen atoms in total. The number of carbonyl (C=O) groups is 1. The first-order valence-electron chi connectivity index (χ1n) is 4.89. The van der Waals surface area contributed by atoms with Crippen LogP contribution in [0.2, 0.25) is 0 Å². The van der Waals surface area contributed by atoms with E-state index in [-0.39, 0.29) is 11.4 Å². The lowest BCUT2D eigenvalue weighted by Crippen LogP contribution is -2.40. The number of hydrogen-bond acceptors (Lipinski definition) is 3. The highest BCUT2D eigenvalue weighted by molar-refractivity contribution is 5.94. The molecule has 1 heterocycles. The number of anilines is 1. The summed E-state index contributed by atoms with van der Waals surface area (Å²) in [5, 5.41) is 5.77. The van der Waals surface area contributed by atoms with Crippen LogP contribution in [0.25, 0.3) is 0 Å². The zero-order chi connectivity index (χ0) is 11.5. The van der Waals surface area contributed by atoms with E-state index in [1.165, 1.54) is 0 Å². The number of nitrogens with one attached hydrogen (secondary N) is 2. The summed E-state index contributed by atoms with van der Waals surface area (Å²) in [5.74, 6) is 0.653. The van der Waals surface area contributed by atoms with Gasteiger partial charge in [-0.1, -0.05) is 0 Å². The molecule has 1 rings (SSSR count). The molecule has 1 aromatic heterocycles. The maximum absolute atomic E-state index is 11.7. The molecule has 2 N–H and O–H groups in total. The average molecular weight is 207 g/mol. The Labute approximate surface area is 90.1 Å². The second kappa shape index (κ2) is 4.29. The van der Waals surface area contributed by atoms with E-state index in [4.69, 9.17) is 0 Å². The number of aromatic nitrogens is 1. The van der Waals surface area contributed by atoms with Gasteiger partial charge in [0.05, 0.1) is 5.56 Å². The van der Waals surface area contributed by atoms with Crippen LogP contribution in [0.5, 0.6) is 0 Å². The molecule has 0 aliphatic rings. The van der Waals surface area contributed by atoms with E-state index < -0.39 is 0 Å². The normalized spacial score (nSPS) is 10.9. The molecule has 0 saturated heterocycles. The zero-order valence-electron chi connectivity index (χ0n) is 9.59. The van der Waals surface area contributed by atoms with Crippen LogP contribution < -0.4 is 10.6 Å². The SMILES string of the molecule is CNc1ccc(C(=O)NC(C)(C)C)cn1. The third kappa shape index (κ3) is 3.58. The van der Waals surface area contributed by atoms with Gasteiger partial charge in [0.1, 0.15) is 5.82 Å². The summed E-state index contributed by atoms with van der Waals surface area (Å²) in [7, 11) is 1.79. The number of rotatable bonds is 2. The fraction of sp³-hybridized carbons (Fsp3) is 0.455. The number of carbonyl (C=O) groups excluding carboxylic acids is 1. The van der Waals surface area contributed by atoms with E-state index in [0.717, 1.165) is 5.82 Å². The predicted octanol–water partition coefficient (Wildman–Crippen LogP) is 1.65. The van der Waals surface area contributed by atoms with Gasteiger partial charge in [-0.3, -0.25) is 4.79 Å². The van der Waals surface area contributed by atoms with Crippen LogP contribution in [0.15, 0.2) is 18.3 Å². The summed E-state index contributed by atoms with van der Waals surface area (Å²) < 4.78 is 0. The van der Waals surface area contributed by atoms with Gasteiger partial charge in [-0.15, -0.1) is 0 Å². The third-order valence-electron chi connectivity index (χ3n) is 1.77. The highest BCUT2D eigenvalue weighted by Crippen LogP contribution is 2.06. The quantitative estimate of drug-likeness (QED) is 0.775. The predicted molar refractivity (Wildman–Crippen MR) is 61.0 cm³/mol. The lowest BCUT2D eigenvalue weighted by Gasteiger charge is -2.20. The van der Waals surface area contributed by atoms with Gasteiger partial charge < -0.3 is 10.6 Å². The summed E-state index contributed by atoms with van der Waals surface area (Å²) in [6, 6.07) is 3.53. The molecule has 0 bridgehead atoms. The van der Waals surface area contributed by atoms with E-state index in [0.29, 0.717) is 5.56 Å².